The van der Waals surface area contributed by atoms with Crippen LogP contribution in [-0.2, 0) is 4.79 Å². The van der Waals surface area contributed by atoms with Gasteiger partial charge in [0, 0.05) is 17.0 Å². The summed E-state index contributed by atoms with van der Waals surface area (Å²) in [5.41, 5.74) is 1.85. The number of carbonyl (C=O) groups is 1. The van der Waals surface area contributed by atoms with Gasteiger partial charge in [-0.25, -0.2) is 13.8 Å². The van der Waals surface area contributed by atoms with Crippen LogP contribution in [0.15, 0.2) is 36.5 Å². The summed E-state index contributed by atoms with van der Waals surface area (Å²) in [6.07, 6.45) is 2.04. The van der Waals surface area contributed by atoms with Crippen molar-refractivity contribution in [3.8, 4) is 11.3 Å². The Morgan fingerprint density at radius 3 is 2.80 bits per heavy atom. The van der Waals surface area contributed by atoms with Gasteiger partial charge >= 0.3 is 0 Å². The number of benzene rings is 1. The lowest BCUT2D eigenvalue weighted by Crippen LogP contribution is -1.93. The standard InChI is InChI=1S/C14H9F2N3O/c15-9-1-2-11(12(16)5-9)13-4-8-3-10(18-7-20)6-17-14(8)19-13/h1-7H,(H,17,19)(H,18,20). The number of anilines is 1. The minimum absolute atomic E-state index is 0.259. The molecule has 0 aliphatic carbocycles. The van der Waals surface area contributed by atoms with Crippen LogP contribution in [0.4, 0.5) is 14.5 Å². The number of hydrogen-bond acceptors (Lipinski definition) is 2. The molecule has 1 aromatic carbocycles. The second-order valence-corrected chi connectivity index (χ2v) is 4.23. The van der Waals surface area contributed by atoms with Gasteiger partial charge in [0.15, 0.2) is 0 Å². The molecular formula is C14H9F2N3O. The van der Waals surface area contributed by atoms with Gasteiger partial charge in [-0.05, 0) is 24.3 Å². The number of halogens is 2. The van der Waals surface area contributed by atoms with E-state index in [9.17, 15) is 13.6 Å². The summed E-state index contributed by atoms with van der Waals surface area (Å²) in [5, 5.41) is 3.21. The molecule has 0 aliphatic heterocycles. The van der Waals surface area contributed by atoms with E-state index in [-0.39, 0.29) is 5.56 Å². The highest BCUT2D eigenvalue weighted by Gasteiger charge is 2.10. The fourth-order valence-corrected chi connectivity index (χ4v) is 2.02. The zero-order valence-corrected chi connectivity index (χ0v) is 10.2. The molecule has 6 heteroatoms. The number of aromatic amines is 1. The first-order chi connectivity index (χ1) is 9.67. The molecule has 20 heavy (non-hydrogen) atoms. The summed E-state index contributed by atoms with van der Waals surface area (Å²) in [6.45, 7) is 0. The summed E-state index contributed by atoms with van der Waals surface area (Å²) in [5.74, 6) is -1.28. The Bertz CT molecular complexity index is 798. The molecule has 0 saturated carbocycles. The van der Waals surface area contributed by atoms with Gasteiger partial charge in [0.25, 0.3) is 0 Å². The molecule has 0 spiro atoms. The quantitative estimate of drug-likeness (QED) is 0.720. The number of hydrogen-bond donors (Lipinski definition) is 2. The van der Waals surface area contributed by atoms with Crippen LogP contribution in [0.2, 0.25) is 0 Å². The van der Waals surface area contributed by atoms with Crippen LogP contribution in [0.1, 0.15) is 0 Å². The van der Waals surface area contributed by atoms with Gasteiger partial charge in [-0.1, -0.05) is 0 Å². The SMILES string of the molecule is O=CNc1cnc2[nH]c(-c3ccc(F)cc3F)cc2c1. The third-order valence-electron chi connectivity index (χ3n) is 2.92. The van der Waals surface area contributed by atoms with Crippen LogP contribution in [0.3, 0.4) is 0 Å². The molecule has 2 heterocycles. The number of nitrogens with one attached hydrogen (secondary N) is 2. The molecule has 0 bridgehead atoms. The molecule has 4 nitrogen and oxygen atoms in total. The maximum Gasteiger partial charge on any atom is 0.211 e. The van der Waals surface area contributed by atoms with Crippen molar-refractivity contribution in [1.82, 2.24) is 9.97 Å². The van der Waals surface area contributed by atoms with E-state index in [4.69, 9.17) is 0 Å². The number of rotatable bonds is 3. The highest BCUT2D eigenvalue weighted by Crippen LogP contribution is 2.27. The van der Waals surface area contributed by atoms with E-state index in [0.29, 0.717) is 23.4 Å². The highest BCUT2D eigenvalue weighted by molar-refractivity contribution is 5.87. The zero-order chi connectivity index (χ0) is 14.1. The largest absolute Gasteiger partial charge is 0.339 e. The van der Waals surface area contributed by atoms with Gasteiger partial charge in [-0.3, -0.25) is 4.79 Å². The van der Waals surface area contributed by atoms with Gasteiger partial charge < -0.3 is 10.3 Å². The molecule has 0 fully saturated rings. The average Bonchev–Trinajstić information content (AvgIpc) is 2.81. The van der Waals surface area contributed by atoms with Crippen molar-refractivity contribution in [2.75, 3.05) is 5.32 Å². The number of aromatic nitrogens is 2. The molecule has 1 amide bonds. The minimum atomic E-state index is -0.650. The fourth-order valence-electron chi connectivity index (χ4n) is 2.02. The van der Waals surface area contributed by atoms with Crippen LogP contribution in [-0.4, -0.2) is 16.4 Å². The molecule has 0 radical (unpaired) electrons. The molecule has 3 aromatic rings. The van der Waals surface area contributed by atoms with Crippen molar-refractivity contribution < 1.29 is 13.6 Å². The van der Waals surface area contributed by atoms with Gasteiger partial charge in [0.05, 0.1) is 17.6 Å². The Labute approximate surface area is 112 Å². The first-order valence-electron chi connectivity index (χ1n) is 5.82. The normalized spacial score (nSPS) is 10.7. The van der Waals surface area contributed by atoms with Crippen LogP contribution in [0.25, 0.3) is 22.3 Å². The van der Waals surface area contributed by atoms with E-state index < -0.39 is 11.6 Å². The van der Waals surface area contributed by atoms with Crippen LogP contribution in [0, 0.1) is 11.6 Å². The van der Waals surface area contributed by atoms with Gasteiger partial charge in [0.2, 0.25) is 6.41 Å². The first-order valence-corrected chi connectivity index (χ1v) is 5.82. The molecule has 0 unspecified atom stereocenters. The molecule has 2 N–H and O–H groups in total. The monoisotopic (exact) mass is 273 g/mol. The molecule has 2 aromatic heterocycles. The fraction of sp³-hybridized carbons (Fsp3) is 0. The Morgan fingerprint density at radius 1 is 1.20 bits per heavy atom. The second kappa shape index (κ2) is 4.73. The van der Waals surface area contributed by atoms with Crippen molar-refractivity contribution in [3.05, 3.63) is 48.2 Å². The van der Waals surface area contributed by atoms with Crippen molar-refractivity contribution >= 4 is 23.1 Å². The topological polar surface area (TPSA) is 57.8 Å². The van der Waals surface area contributed by atoms with E-state index >= 15 is 0 Å². The smallest absolute Gasteiger partial charge is 0.211 e. The summed E-state index contributed by atoms with van der Waals surface area (Å²) in [6, 6.07) is 6.77. The maximum atomic E-state index is 13.7. The van der Waals surface area contributed by atoms with E-state index in [1.807, 2.05) is 0 Å². The molecule has 100 valence electrons. The summed E-state index contributed by atoms with van der Waals surface area (Å²) >= 11 is 0. The van der Waals surface area contributed by atoms with E-state index in [1.54, 1.807) is 12.1 Å². The molecule has 0 aliphatic rings. The maximum absolute atomic E-state index is 13.7. The van der Waals surface area contributed by atoms with Crippen LogP contribution >= 0.6 is 0 Å². The Balaban J connectivity index is 2.10. The predicted molar refractivity (Wildman–Crippen MR) is 71.1 cm³/mol. The minimum Gasteiger partial charge on any atom is -0.339 e. The number of pyridine rings is 1. The van der Waals surface area contributed by atoms with E-state index in [2.05, 4.69) is 15.3 Å². The Morgan fingerprint density at radius 2 is 2.05 bits per heavy atom. The van der Waals surface area contributed by atoms with E-state index in [0.717, 1.165) is 11.5 Å². The lowest BCUT2D eigenvalue weighted by Gasteiger charge is -1.99. The Kier molecular flexibility index (Phi) is 2.90. The van der Waals surface area contributed by atoms with Gasteiger partial charge in [0.1, 0.15) is 17.3 Å². The summed E-state index contributed by atoms with van der Waals surface area (Å²) in [4.78, 5) is 17.5. The lowest BCUT2D eigenvalue weighted by molar-refractivity contribution is -0.105. The number of carbonyl (C=O) groups excluding carboxylic acids is 1. The lowest BCUT2D eigenvalue weighted by atomic mass is 10.1. The third kappa shape index (κ3) is 2.11. The van der Waals surface area contributed by atoms with Crippen molar-refractivity contribution in [3.63, 3.8) is 0 Å². The number of H-pyrrole nitrogens is 1. The predicted octanol–water partition coefficient (Wildman–Crippen LogP) is 3.08. The summed E-state index contributed by atoms with van der Waals surface area (Å²) in [7, 11) is 0. The zero-order valence-electron chi connectivity index (χ0n) is 10.2. The van der Waals surface area contributed by atoms with Crippen LogP contribution in [0.5, 0.6) is 0 Å². The second-order valence-electron chi connectivity index (χ2n) is 4.23. The van der Waals surface area contributed by atoms with Gasteiger partial charge in [-0.15, -0.1) is 0 Å². The van der Waals surface area contributed by atoms with Gasteiger partial charge in [-0.2, -0.15) is 0 Å². The van der Waals surface area contributed by atoms with E-state index in [1.165, 1.54) is 18.3 Å². The van der Waals surface area contributed by atoms with Crippen LogP contribution < -0.4 is 5.32 Å². The third-order valence-corrected chi connectivity index (χ3v) is 2.92. The number of nitrogens with zero attached hydrogens (tertiary/aromatic N) is 1. The number of fused-ring (bicyclic) bond motifs is 1. The van der Waals surface area contributed by atoms with Crippen molar-refractivity contribution in [2.24, 2.45) is 0 Å². The van der Waals surface area contributed by atoms with Crippen molar-refractivity contribution in [2.45, 2.75) is 0 Å². The Hall–Kier alpha value is -2.76. The molecule has 0 atom stereocenters. The molecule has 0 saturated heterocycles. The first kappa shape index (κ1) is 12.3. The average molecular weight is 273 g/mol. The number of amides is 1. The highest BCUT2D eigenvalue weighted by atomic mass is 19.1. The molecular weight excluding hydrogens is 264 g/mol. The molecule has 3 rings (SSSR count). The van der Waals surface area contributed by atoms with Crippen molar-refractivity contribution in [1.29, 1.82) is 0 Å². The summed E-state index contributed by atoms with van der Waals surface area (Å²) < 4.78 is 26.6.